The van der Waals surface area contributed by atoms with Gasteiger partial charge in [-0.1, -0.05) is 0 Å². The second-order valence-corrected chi connectivity index (χ2v) is 5.09. The predicted octanol–water partition coefficient (Wildman–Crippen LogP) is 1.31. The molecule has 0 aliphatic rings. The van der Waals surface area contributed by atoms with E-state index in [1.165, 1.54) is 0 Å². The maximum Gasteiger partial charge on any atom is 0.227 e. The van der Waals surface area contributed by atoms with E-state index in [1.807, 2.05) is 34.7 Å². The van der Waals surface area contributed by atoms with Crippen LogP contribution in [0.2, 0.25) is 0 Å². The molecule has 0 saturated carbocycles. The number of aromatic nitrogens is 2. The van der Waals surface area contributed by atoms with Gasteiger partial charge < -0.3 is 11.1 Å². The number of hydrogen-bond acceptors (Lipinski definition) is 3. The van der Waals surface area contributed by atoms with Gasteiger partial charge in [0.15, 0.2) is 0 Å². The van der Waals surface area contributed by atoms with Crippen molar-refractivity contribution in [2.75, 3.05) is 6.54 Å². The molecule has 1 aromatic heterocycles. The largest absolute Gasteiger partial charge is 0.349 e. The van der Waals surface area contributed by atoms with Crippen LogP contribution in [0.4, 0.5) is 0 Å². The van der Waals surface area contributed by atoms with Gasteiger partial charge in [0.05, 0.1) is 17.7 Å². The molecule has 18 heavy (non-hydrogen) atoms. The highest BCUT2D eigenvalue weighted by Crippen LogP contribution is 2.19. The highest BCUT2D eigenvalue weighted by molar-refractivity contribution is 5.85. The van der Waals surface area contributed by atoms with E-state index in [0.29, 0.717) is 6.54 Å². The van der Waals surface area contributed by atoms with Gasteiger partial charge in [0, 0.05) is 24.8 Å². The average molecular weight is 275 g/mol. The van der Waals surface area contributed by atoms with E-state index < -0.39 is 5.41 Å². The van der Waals surface area contributed by atoms with Gasteiger partial charge in [-0.15, -0.1) is 12.4 Å². The molecule has 0 aliphatic heterocycles. The van der Waals surface area contributed by atoms with Crippen molar-refractivity contribution in [3.05, 3.63) is 17.5 Å². The molecule has 1 rings (SSSR count). The monoisotopic (exact) mass is 274 g/mol. The van der Waals surface area contributed by atoms with E-state index in [-0.39, 0.29) is 24.4 Å². The van der Waals surface area contributed by atoms with Crippen LogP contribution in [0.1, 0.15) is 38.1 Å². The molecule has 0 saturated heterocycles. The molecule has 0 bridgehead atoms. The number of aryl methyl sites for hydroxylation is 1. The molecule has 0 fully saturated rings. The number of hydrogen-bond donors (Lipinski definition) is 2. The van der Waals surface area contributed by atoms with Gasteiger partial charge in [0.25, 0.3) is 0 Å². The summed E-state index contributed by atoms with van der Waals surface area (Å²) in [6.07, 6.45) is 1.79. The van der Waals surface area contributed by atoms with Gasteiger partial charge in [0.1, 0.15) is 0 Å². The highest BCUT2D eigenvalue weighted by Gasteiger charge is 2.27. The van der Waals surface area contributed by atoms with Crippen LogP contribution in [0.25, 0.3) is 0 Å². The number of rotatable bonds is 4. The first kappa shape index (κ1) is 16.9. The normalized spacial score (nSPS) is 12.8. The molecular weight excluding hydrogens is 252 g/mol. The van der Waals surface area contributed by atoms with Gasteiger partial charge >= 0.3 is 0 Å². The molecule has 6 heteroatoms. The van der Waals surface area contributed by atoms with Crippen molar-refractivity contribution >= 4 is 18.3 Å². The lowest BCUT2D eigenvalue weighted by atomic mass is 9.92. The van der Waals surface area contributed by atoms with E-state index in [9.17, 15) is 4.79 Å². The summed E-state index contributed by atoms with van der Waals surface area (Å²) in [5.74, 6) is -0.0317. The maximum atomic E-state index is 12.0. The molecule has 0 spiro atoms. The summed E-state index contributed by atoms with van der Waals surface area (Å²) in [4.78, 5) is 12.0. The zero-order valence-electron chi connectivity index (χ0n) is 11.7. The zero-order valence-corrected chi connectivity index (χ0v) is 12.5. The predicted molar refractivity (Wildman–Crippen MR) is 74.6 cm³/mol. The van der Waals surface area contributed by atoms with Gasteiger partial charge in [-0.05, 0) is 27.7 Å². The van der Waals surface area contributed by atoms with Crippen LogP contribution in [-0.4, -0.2) is 22.2 Å². The summed E-state index contributed by atoms with van der Waals surface area (Å²) in [7, 11) is 1.89. The molecule has 1 amide bonds. The molecule has 0 aliphatic carbocycles. The summed E-state index contributed by atoms with van der Waals surface area (Å²) in [6.45, 7) is 7.95. The minimum absolute atomic E-state index is 0. The minimum Gasteiger partial charge on any atom is -0.349 e. The molecule has 1 heterocycles. The number of nitrogens with zero attached hydrogens (tertiary/aromatic N) is 2. The van der Waals surface area contributed by atoms with E-state index in [2.05, 4.69) is 10.4 Å². The fourth-order valence-electron chi connectivity index (χ4n) is 1.50. The van der Waals surface area contributed by atoms with Crippen molar-refractivity contribution in [2.24, 2.45) is 18.2 Å². The summed E-state index contributed by atoms with van der Waals surface area (Å²) in [5.41, 5.74) is 7.14. The number of carbonyl (C=O) groups is 1. The maximum absolute atomic E-state index is 12.0. The van der Waals surface area contributed by atoms with Crippen LogP contribution >= 0.6 is 12.4 Å². The number of carbonyl (C=O) groups excluding carboxylic acids is 1. The van der Waals surface area contributed by atoms with Gasteiger partial charge in [-0.2, -0.15) is 5.10 Å². The quantitative estimate of drug-likeness (QED) is 0.870. The van der Waals surface area contributed by atoms with Crippen molar-refractivity contribution < 1.29 is 4.79 Å². The van der Waals surface area contributed by atoms with Crippen molar-refractivity contribution in [3.63, 3.8) is 0 Å². The lowest BCUT2D eigenvalue weighted by molar-refractivity contribution is -0.129. The Morgan fingerprint density at radius 1 is 1.61 bits per heavy atom. The van der Waals surface area contributed by atoms with Crippen LogP contribution in [0.5, 0.6) is 0 Å². The van der Waals surface area contributed by atoms with E-state index in [4.69, 9.17) is 5.73 Å². The third kappa shape index (κ3) is 3.46. The molecule has 3 N–H and O–H groups in total. The van der Waals surface area contributed by atoms with Crippen molar-refractivity contribution in [1.82, 2.24) is 15.1 Å². The van der Waals surface area contributed by atoms with Crippen LogP contribution in [0.3, 0.4) is 0 Å². The van der Waals surface area contributed by atoms with Crippen molar-refractivity contribution in [2.45, 2.75) is 33.7 Å². The average Bonchev–Trinajstić information content (AvgIpc) is 2.59. The van der Waals surface area contributed by atoms with E-state index in [0.717, 1.165) is 11.3 Å². The Morgan fingerprint density at radius 3 is 2.56 bits per heavy atom. The fourth-order valence-corrected chi connectivity index (χ4v) is 1.50. The Labute approximate surface area is 115 Å². The van der Waals surface area contributed by atoms with Crippen LogP contribution in [0.15, 0.2) is 6.20 Å². The number of amides is 1. The van der Waals surface area contributed by atoms with E-state index in [1.54, 1.807) is 10.9 Å². The first-order valence-corrected chi connectivity index (χ1v) is 5.79. The lowest BCUT2D eigenvalue weighted by Gasteiger charge is -2.24. The third-order valence-electron chi connectivity index (χ3n) is 3.21. The van der Waals surface area contributed by atoms with Crippen LogP contribution in [-0.2, 0) is 11.8 Å². The second kappa shape index (κ2) is 6.20. The minimum atomic E-state index is -0.537. The lowest BCUT2D eigenvalue weighted by Crippen LogP contribution is -2.42. The first-order valence-electron chi connectivity index (χ1n) is 5.79. The third-order valence-corrected chi connectivity index (χ3v) is 3.21. The number of halogens is 1. The standard InChI is InChI=1S/C12H22N4O.ClH/c1-8(10-6-14-16(5)9(10)2)15-11(17)12(3,4)7-13;/h6,8H,7,13H2,1-5H3,(H,15,17);1H. The zero-order chi connectivity index (χ0) is 13.2. The Bertz CT molecular complexity index is 414. The van der Waals surface area contributed by atoms with Crippen molar-refractivity contribution in [3.8, 4) is 0 Å². The molecular formula is C12H23ClN4O. The van der Waals surface area contributed by atoms with Crippen LogP contribution in [0, 0.1) is 12.3 Å². The molecule has 5 nitrogen and oxygen atoms in total. The highest BCUT2D eigenvalue weighted by atomic mass is 35.5. The Kier molecular flexibility index (Phi) is 5.83. The Balaban J connectivity index is 0.00000289. The number of nitrogens with one attached hydrogen (secondary N) is 1. The molecule has 104 valence electrons. The number of nitrogens with two attached hydrogens (primary N) is 1. The first-order chi connectivity index (χ1) is 7.79. The van der Waals surface area contributed by atoms with Gasteiger partial charge in [0.2, 0.25) is 5.91 Å². The van der Waals surface area contributed by atoms with Gasteiger partial charge in [-0.3, -0.25) is 9.48 Å². The van der Waals surface area contributed by atoms with Crippen molar-refractivity contribution in [1.29, 1.82) is 0 Å². The summed E-state index contributed by atoms with van der Waals surface area (Å²) in [5, 5.41) is 7.14. The SMILES string of the molecule is Cc1c(C(C)NC(=O)C(C)(C)CN)cnn1C.Cl. The fraction of sp³-hybridized carbons (Fsp3) is 0.667. The summed E-state index contributed by atoms with van der Waals surface area (Å²) >= 11 is 0. The van der Waals surface area contributed by atoms with Crippen LogP contribution < -0.4 is 11.1 Å². The Hall–Kier alpha value is -1.07. The molecule has 1 unspecified atom stereocenters. The Morgan fingerprint density at radius 2 is 2.17 bits per heavy atom. The summed E-state index contributed by atoms with van der Waals surface area (Å²) in [6, 6.07) is -0.0537. The topological polar surface area (TPSA) is 72.9 Å². The summed E-state index contributed by atoms with van der Waals surface area (Å²) < 4.78 is 1.80. The molecule has 1 atom stereocenters. The van der Waals surface area contributed by atoms with E-state index >= 15 is 0 Å². The second-order valence-electron chi connectivity index (χ2n) is 5.09. The molecule has 0 radical (unpaired) electrons. The smallest absolute Gasteiger partial charge is 0.227 e. The van der Waals surface area contributed by atoms with Gasteiger partial charge in [-0.25, -0.2) is 0 Å². The molecule has 0 aromatic carbocycles. The molecule has 1 aromatic rings.